The molecular formula is C53H85N9O9. The molecule has 0 radical (unpaired) electrons. The molecule has 0 saturated carbocycles. The highest BCUT2D eigenvalue weighted by Gasteiger charge is 2.41. The summed E-state index contributed by atoms with van der Waals surface area (Å²) in [4.78, 5) is 97.9. The molecule has 8 N–H and O–H groups in total. The van der Waals surface area contributed by atoms with Crippen LogP contribution < -0.4 is 32.7 Å². The van der Waals surface area contributed by atoms with E-state index < -0.39 is 54.2 Å². The van der Waals surface area contributed by atoms with Crippen LogP contribution in [0.3, 0.4) is 0 Å². The molecule has 2 aromatic carbocycles. The van der Waals surface area contributed by atoms with Crippen molar-refractivity contribution in [2.45, 2.75) is 162 Å². The summed E-state index contributed by atoms with van der Waals surface area (Å²) in [6.07, 6.45) is 2.27. The SMILES string of the molecule is CC[C@H](C)[C@@H]([C@@H](CC(=O)N1CCCC1C[C@@H](C)C(=O)N[C@H](C)[C@@H](C)c1ccccc1)OC)N(C)C(=O)[C@@H](NC(=O)[C@H](C(C)C)N(C)C(=O)OCc1ccc(NC(=O)[C@@H](N)CCCNC(N)=O)cc1)C(C)C. The number of nitrogens with two attached hydrogens (primary N) is 2. The van der Waals surface area contributed by atoms with E-state index >= 15 is 0 Å². The lowest BCUT2D eigenvalue weighted by Gasteiger charge is -2.40. The number of ether oxygens (including phenoxy) is 2. The zero-order valence-corrected chi connectivity index (χ0v) is 44.4. The molecule has 18 nitrogen and oxygen atoms in total. The standard InChI is InChI=1S/C53H85N9O9/c1-13-34(6)47(43(70-12)30-44(63)62-28-18-21-41(62)29-35(7)48(64)57-37(9)36(8)39-19-15-14-16-20-39)60(10)51(67)45(32(2)3)59-50(66)46(33(4)5)61(11)53(69)71-31-38-23-25-40(26-24-38)58-49(65)42(54)22-17-27-56-52(55)68/h14-16,19-20,23-26,32-37,41-43,45-47H,13,17-18,21-22,27-31,54H2,1-12H3,(H,57,64)(H,58,65)(H,59,66)(H3,55,56,68)/t34-,35+,36+,37+,41?,42-,43+,45-,46-,47-/m0/s1. The number of amides is 8. The van der Waals surface area contributed by atoms with Gasteiger partial charge in [-0.05, 0) is 80.0 Å². The first-order chi connectivity index (χ1) is 33.5. The first kappa shape index (κ1) is 59.6. The lowest BCUT2D eigenvalue weighted by molar-refractivity contribution is -0.146. The second-order valence-corrected chi connectivity index (χ2v) is 20.1. The summed E-state index contributed by atoms with van der Waals surface area (Å²) in [5, 5.41) is 11.4. The highest BCUT2D eigenvalue weighted by atomic mass is 16.6. The van der Waals surface area contributed by atoms with E-state index in [1.54, 1.807) is 57.2 Å². The third-order valence-corrected chi connectivity index (χ3v) is 14.0. The van der Waals surface area contributed by atoms with E-state index in [1.165, 1.54) is 11.9 Å². The van der Waals surface area contributed by atoms with Gasteiger partial charge in [0, 0.05) is 63.9 Å². The van der Waals surface area contributed by atoms with Gasteiger partial charge in [-0.3, -0.25) is 28.9 Å². The Labute approximate surface area is 422 Å². The zero-order chi connectivity index (χ0) is 53.1. The molecule has 0 aliphatic carbocycles. The van der Waals surface area contributed by atoms with E-state index in [9.17, 15) is 33.6 Å². The van der Waals surface area contributed by atoms with Crippen LogP contribution in [0.5, 0.6) is 0 Å². The summed E-state index contributed by atoms with van der Waals surface area (Å²) in [5.74, 6) is -2.38. The Morgan fingerprint density at radius 2 is 1.48 bits per heavy atom. The number of primary amides is 1. The topological polar surface area (TPSA) is 248 Å². The number of likely N-dealkylation sites (tertiary alicyclic amines) is 1. The van der Waals surface area contributed by atoms with Crippen molar-refractivity contribution in [2.75, 3.05) is 39.6 Å². The maximum Gasteiger partial charge on any atom is 0.410 e. The van der Waals surface area contributed by atoms with E-state index in [0.717, 1.165) is 18.4 Å². The summed E-state index contributed by atoms with van der Waals surface area (Å²) in [6.45, 7) is 18.1. The predicted molar refractivity (Wildman–Crippen MR) is 276 cm³/mol. The van der Waals surface area contributed by atoms with Crippen LogP contribution in [0.2, 0.25) is 0 Å². The number of benzene rings is 2. The van der Waals surface area contributed by atoms with Gasteiger partial charge in [0.1, 0.15) is 18.7 Å². The van der Waals surface area contributed by atoms with Gasteiger partial charge in [-0.1, -0.05) is 104 Å². The zero-order valence-electron chi connectivity index (χ0n) is 44.4. The molecule has 18 heteroatoms. The van der Waals surface area contributed by atoms with Gasteiger partial charge in [0.25, 0.3) is 0 Å². The number of likely N-dealkylation sites (N-methyl/N-ethyl adjacent to an activating group) is 2. The molecule has 2 aromatic rings. The molecule has 71 heavy (non-hydrogen) atoms. The van der Waals surface area contributed by atoms with Gasteiger partial charge >= 0.3 is 12.1 Å². The number of anilines is 1. The van der Waals surface area contributed by atoms with Gasteiger partial charge in [-0.2, -0.15) is 0 Å². The Kier molecular flexibility index (Phi) is 24.3. The molecule has 1 aliphatic rings. The number of urea groups is 1. The van der Waals surface area contributed by atoms with E-state index in [2.05, 4.69) is 40.3 Å². The van der Waals surface area contributed by atoms with Crippen LogP contribution in [0.15, 0.2) is 54.6 Å². The molecule has 10 atom stereocenters. The lowest BCUT2D eigenvalue weighted by Crippen LogP contribution is -2.60. The summed E-state index contributed by atoms with van der Waals surface area (Å²) >= 11 is 0. The van der Waals surface area contributed by atoms with Gasteiger partial charge in [-0.15, -0.1) is 0 Å². The number of hydrogen-bond acceptors (Lipinski definition) is 10. The van der Waals surface area contributed by atoms with Crippen LogP contribution in [0.25, 0.3) is 0 Å². The Morgan fingerprint density at radius 1 is 0.831 bits per heavy atom. The Hall–Kier alpha value is -5.75. The average Bonchev–Trinajstić information content (AvgIpc) is 3.81. The van der Waals surface area contributed by atoms with Gasteiger partial charge in [0.15, 0.2) is 0 Å². The highest BCUT2D eigenvalue weighted by molar-refractivity contribution is 5.94. The number of nitrogens with zero attached hydrogens (tertiary/aromatic N) is 3. The van der Waals surface area contributed by atoms with Crippen molar-refractivity contribution in [2.24, 2.45) is 35.1 Å². The third-order valence-electron chi connectivity index (χ3n) is 14.0. The fourth-order valence-corrected chi connectivity index (χ4v) is 9.32. The number of methoxy groups -OCH3 is 1. The molecule has 1 saturated heterocycles. The fraction of sp³-hybridized carbons (Fsp3) is 0.642. The Bertz CT molecular complexity index is 2040. The van der Waals surface area contributed by atoms with Gasteiger partial charge < -0.3 is 52.0 Å². The van der Waals surface area contributed by atoms with Crippen LogP contribution in [-0.2, 0) is 40.1 Å². The first-order valence-corrected chi connectivity index (χ1v) is 25.3. The van der Waals surface area contributed by atoms with Crippen molar-refractivity contribution < 1.29 is 43.0 Å². The minimum absolute atomic E-state index is 0.0301. The molecule has 1 unspecified atom stereocenters. The molecule has 1 heterocycles. The van der Waals surface area contributed by atoms with Crippen molar-refractivity contribution in [1.82, 2.24) is 30.7 Å². The second kappa shape index (κ2) is 28.9. The van der Waals surface area contributed by atoms with Crippen LogP contribution in [-0.4, -0.2) is 133 Å². The number of hydrogen-bond donors (Lipinski definition) is 6. The summed E-state index contributed by atoms with van der Waals surface area (Å²) in [6, 6.07) is 12.7. The third kappa shape index (κ3) is 17.8. The van der Waals surface area contributed by atoms with Crippen molar-refractivity contribution >= 4 is 47.3 Å². The molecule has 1 aliphatic heterocycles. The van der Waals surface area contributed by atoms with Gasteiger partial charge in [0.05, 0.1) is 24.6 Å². The van der Waals surface area contributed by atoms with Gasteiger partial charge in [0.2, 0.25) is 29.5 Å². The monoisotopic (exact) mass is 992 g/mol. The summed E-state index contributed by atoms with van der Waals surface area (Å²) in [7, 11) is 4.71. The number of rotatable bonds is 27. The molecule has 0 aromatic heterocycles. The van der Waals surface area contributed by atoms with Crippen LogP contribution in [0, 0.1) is 23.7 Å². The normalized spacial score (nSPS) is 17.4. The van der Waals surface area contributed by atoms with Gasteiger partial charge in [-0.25, -0.2) is 9.59 Å². The maximum atomic E-state index is 14.6. The molecule has 3 rings (SSSR count). The van der Waals surface area contributed by atoms with E-state index in [1.807, 2.05) is 64.6 Å². The van der Waals surface area contributed by atoms with Crippen molar-refractivity contribution in [3.05, 3.63) is 65.7 Å². The largest absolute Gasteiger partial charge is 0.445 e. The first-order valence-electron chi connectivity index (χ1n) is 25.3. The van der Waals surface area contributed by atoms with E-state index in [4.69, 9.17) is 20.9 Å². The average molecular weight is 992 g/mol. The minimum atomic E-state index is -0.992. The highest BCUT2D eigenvalue weighted by Crippen LogP contribution is 2.29. The molecular weight excluding hydrogens is 907 g/mol. The van der Waals surface area contributed by atoms with Crippen LogP contribution in [0.4, 0.5) is 15.3 Å². The quantitative estimate of drug-likeness (QED) is 0.0593. The van der Waals surface area contributed by atoms with E-state index in [-0.39, 0.29) is 72.4 Å². The van der Waals surface area contributed by atoms with Crippen LogP contribution >= 0.6 is 0 Å². The second-order valence-electron chi connectivity index (χ2n) is 20.1. The molecule has 0 spiro atoms. The Balaban J connectivity index is 1.64. The number of nitrogens with one attached hydrogen (secondary N) is 4. The summed E-state index contributed by atoms with van der Waals surface area (Å²) < 4.78 is 11.7. The van der Waals surface area contributed by atoms with Crippen molar-refractivity contribution in [1.29, 1.82) is 0 Å². The minimum Gasteiger partial charge on any atom is -0.445 e. The molecule has 396 valence electrons. The van der Waals surface area contributed by atoms with Crippen LogP contribution in [0.1, 0.15) is 124 Å². The van der Waals surface area contributed by atoms with Crippen molar-refractivity contribution in [3.8, 4) is 0 Å². The summed E-state index contributed by atoms with van der Waals surface area (Å²) in [5.41, 5.74) is 13.3. The smallest absolute Gasteiger partial charge is 0.410 e. The fourth-order valence-electron chi connectivity index (χ4n) is 9.32. The molecule has 0 bridgehead atoms. The molecule has 8 amide bonds. The number of carbonyl (C=O) groups excluding carboxylic acids is 7. The van der Waals surface area contributed by atoms with Crippen molar-refractivity contribution in [3.63, 3.8) is 0 Å². The Morgan fingerprint density at radius 3 is 2.06 bits per heavy atom. The maximum absolute atomic E-state index is 14.6. The predicted octanol–water partition coefficient (Wildman–Crippen LogP) is 5.74. The van der Waals surface area contributed by atoms with E-state index in [0.29, 0.717) is 50.0 Å². The number of carbonyl (C=O) groups is 7. The molecule has 1 fully saturated rings. The lowest BCUT2D eigenvalue weighted by atomic mass is 9.89.